The number of anilines is 1. The maximum atomic E-state index is 12.2. The minimum Gasteiger partial charge on any atom is -0.385 e. The molecule has 0 radical (unpaired) electrons. The number of carbonyl (C=O) groups is 1. The van der Waals surface area contributed by atoms with E-state index >= 15 is 0 Å². The van der Waals surface area contributed by atoms with Crippen LogP contribution < -0.4 is 10.6 Å². The van der Waals surface area contributed by atoms with Crippen molar-refractivity contribution in [2.45, 2.75) is 32.7 Å². The molecule has 20 heavy (non-hydrogen) atoms. The summed E-state index contributed by atoms with van der Waals surface area (Å²) in [5, 5.41) is 6.23. The third-order valence-corrected chi connectivity index (χ3v) is 3.71. The Hall–Kier alpha value is -1.62. The van der Waals surface area contributed by atoms with Crippen LogP contribution in [0.2, 0.25) is 0 Å². The van der Waals surface area contributed by atoms with Crippen LogP contribution in [0.4, 0.5) is 5.69 Å². The van der Waals surface area contributed by atoms with Crippen LogP contribution in [0, 0.1) is 5.92 Å². The topological polar surface area (TPSA) is 63.2 Å². The predicted octanol–water partition coefficient (Wildman–Crippen LogP) is 2.06. The number of aromatic nitrogens is 1. The lowest BCUT2D eigenvalue weighted by atomic mass is 9.93. The van der Waals surface area contributed by atoms with E-state index in [0.29, 0.717) is 11.6 Å². The third kappa shape index (κ3) is 3.93. The number of ether oxygens (including phenoxy) is 1. The zero-order valence-electron chi connectivity index (χ0n) is 12.2. The summed E-state index contributed by atoms with van der Waals surface area (Å²) in [4.78, 5) is 16.4. The molecule has 0 aliphatic carbocycles. The quantitative estimate of drug-likeness (QED) is 0.864. The molecule has 2 N–H and O–H groups in total. The van der Waals surface area contributed by atoms with Gasteiger partial charge in [0.05, 0.1) is 0 Å². The Bertz CT molecular complexity index is 444. The highest BCUT2D eigenvalue weighted by Crippen LogP contribution is 2.19. The second kappa shape index (κ2) is 7.24. The highest BCUT2D eigenvalue weighted by atomic mass is 16.5. The van der Waals surface area contributed by atoms with Gasteiger partial charge in [0.1, 0.15) is 5.69 Å². The lowest BCUT2D eigenvalue weighted by Gasteiger charge is -2.28. The van der Waals surface area contributed by atoms with E-state index in [0.717, 1.165) is 38.3 Å². The fourth-order valence-corrected chi connectivity index (χ4v) is 2.48. The molecule has 1 atom stereocenters. The first-order valence-corrected chi connectivity index (χ1v) is 7.29. The largest absolute Gasteiger partial charge is 0.385 e. The molecule has 0 spiro atoms. The summed E-state index contributed by atoms with van der Waals surface area (Å²) < 4.78 is 5.35. The standard InChI is InChI=1S/C15H23N3O2/c1-3-16-13-4-7-17-14(10-13)15(19)18-11(2)12-5-8-20-9-6-12/h4,7,10-12H,3,5-6,8-9H2,1-2H3,(H,16,17)(H,18,19). The number of amides is 1. The van der Waals surface area contributed by atoms with Gasteiger partial charge in [0, 0.05) is 37.7 Å². The summed E-state index contributed by atoms with van der Waals surface area (Å²) in [6, 6.07) is 3.80. The monoisotopic (exact) mass is 277 g/mol. The Balaban J connectivity index is 1.94. The molecule has 0 bridgehead atoms. The molecule has 0 aromatic carbocycles. The highest BCUT2D eigenvalue weighted by molar-refractivity contribution is 5.93. The number of rotatable bonds is 5. The second-order valence-electron chi connectivity index (χ2n) is 5.17. The molecule has 0 saturated carbocycles. The van der Waals surface area contributed by atoms with Gasteiger partial charge >= 0.3 is 0 Å². The molecule has 2 heterocycles. The molecule has 110 valence electrons. The van der Waals surface area contributed by atoms with Crippen molar-refractivity contribution in [3.8, 4) is 0 Å². The van der Waals surface area contributed by atoms with Crippen LogP contribution in [0.25, 0.3) is 0 Å². The maximum Gasteiger partial charge on any atom is 0.270 e. The molecule has 2 rings (SSSR count). The van der Waals surface area contributed by atoms with Crippen molar-refractivity contribution in [3.05, 3.63) is 24.0 Å². The molecule has 1 aromatic rings. The van der Waals surface area contributed by atoms with Crippen molar-refractivity contribution in [1.29, 1.82) is 0 Å². The number of nitrogens with zero attached hydrogens (tertiary/aromatic N) is 1. The van der Waals surface area contributed by atoms with Gasteiger partial charge in [0.15, 0.2) is 0 Å². The van der Waals surface area contributed by atoms with E-state index in [-0.39, 0.29) is 11.9 Å². The van der Waals surface area contributed by atoms with Crippen LogP contribution in [-0.2, 0) is 4.74 Å². The predicted molar refractivity (Wildman–Crippen MR) is 78.9 cm³/mol. The van der Waals surface area contributed by atoms with Crippen LogP contribution in [0.5, 0.6) is 0 Å². The van der Waals surface area contributed by atoms with Gasteiger partial charge in [-0.1, -0.05) is 0 Å². The minimum absolute atomic E-state index is 0.108. The van der Waals surface area contributed by atoms with Crippen molar-refractivity contribution in [2.75, 3.05) is 25.1 Å². The van der Waals surface area contributed by atoms with Gasteiger partial charge in [-0.2, -0.15) is 0 Å². The van der Waals surface area contributed by atoms with Crippen LogP contribution >= 0.6 is 0 Å². The minimum atomic E-state index is -0.108. The molecule has 1 saturated heterocycles. The summed E-state index contributed by atoms with van der Waals surface area (Å²) >= 11 is 0. The van der Waals surface area contributed by atoms with Crippen molar-refractivity contribution in [2.24, 2.45) is 5.92 Å². The lowest BCUT2D eigenvalue weighted by molar-refractivity contribution is 0.0537. The average molecular weight is 277 g/mol. The Morgan fingerprint density at radius 3 is 2.95 bits per heavy atom. The highest BCUT2D eigenvalue weighted by Gasteiger charge is 2.22. The van der Waals surface area contributed by atoms with Crippen LogP contribution in [-0.4, -0.2) is 36.7 Å². The molecule has 1 aromatic heterocycles. The second-order valence-corrected chi connectivity index (χ2v) is 5.17. The maximum absolute atomic E-state index is 12.2. The number of pyridine rings is 1. The fraction of sp³-hybridized carbons (Fsp3) is 0.600. The molecule has 1 unspecified atom stereocenters. The van der Waals surface area contributed by atoms with Crippen LogP contribution in [0.1, 0.15) is 37.2 Å². The van der Waals surface area contributed by atoms with E-state index in [4.69, 9.17) is 4.74 Å². The molecule has 1 aliphatic rings. The van der Waals surface area contributed by atoms with Gasteiger partial charge in [-0.05, 0) is 44.7 Å². The first-order valence-electron chi connectivity index (χ1n) is 7.29. The van der Waals surface area contributed by atoms with Gasteiger partial charge in [0.2, 0.25) is 0 Å². The van der Waals surface area contributed by atoms with Gasteiger partial charge in [0.25, 0.3) is 5.91 Å². The fourth-order valence-electron chi connectivity index (χ4n) is 2.48. The summed E-state index contributed by atoms with van der Waals surface area (Å²) in [7, 11) is 0. The Morgan fingerprint density at radius 1 is 1.50 bits per heavy atom. The summed E-state index contributed by atoms with van der Waals surface area (Å²) in [5.74, 6) is 0.383. The van der Waals surface area contributed by atoms with Gasteiger partial charge in [-0.3, -0.25) is 9.78 Å². The lowest BCUT2D eigenvalue weighted by Crippen LogP contribution is -2.40. The molecular weight excluding hydrogens is 254 g/mol. The summed E-state index contributed by atoms with van der Waals surface area (Å²) in [6.45, 7) is 6.48. The van der Waals surface area contributed by atoms with E-state index in [9.17, 15) is 4.79 Å². The van der Waals surface area contributed by atoms with E-state index < -0.39 is 0 Å². The van der Waals surface area contributed by atoms with Crippen LogP contribution in [0.3, 0.4) is 0 Å². The number of carbonyl (C=O) groups excluding carboxylic acids is 1. The van der Waals surface area contributed by atoms with E-state index in [1.54, 1.807) is 12.3 Å². The van der Waals surface area contributed by atoms with Gasteiger partial charge < -0.3 is 15.4 Å². The van der Waals surface area contributed by atoms with E-state index in [1.165, 1.54) is 0 Å². The zero-order chi connectivity index (χ0) is 14.4. The smallest absolute Gasteiger partial charge is 0.270 e. The van der Waals surface area contributed by atoms with E-state index in [1.807, 2.05) is 13.0 Å². The average Bonchev–Trinajstić information content (AvgIpc) is 2.48. The van der Waals surface area contributed by atoms with E-state index in [2.05, 4.69) is 22.5 Å². The number of hydrogen-bond acceptors (Lipinski definition) is 4. The first-order chi connectivity index (χ1) is 9.70. The van der Waals surface area contributed by atoms with Crippen molar-refractivity contribution >= 4 is 11.6 Å². The van der Waals surface area contributed by atoms with Crippen LogP contribution in [0.15, 0.2) is 18.3 Å². The Morgan fingerprint density at radius 2 is 2.25 bits per heavy atom. The molecule has 1 amide bonds. The normalized spacial score (nSPS) is 17.5. The van der Waals surface area contributed by atoms with Gasteiger partial charge in [-0.25, -0.2) is 0 Å². The van der Waals surface area contributed by atoms with Crippen molar-refractivity contribution < 1.29 is 9.53 Å². The first kappa shape index (κ1) is 14.8. The third-order valence-electron chi connectivity index (χ3n) is 3.71. The van der Waals surface area contributed by atoms with Crippen molar-refractivity contribution in [1.82, 2.24) is 10.3 Å². The summed E-state index contributed by atoms with van der Waals surface area (Å²) in [5.41, 5.74) is 1.38. The Kier molecular flexibility index (Phi) is 5.35. The van der Waals surface area contributed by atoms with Gasteiger partial charge in [-0.15, -0.1) is 0 Å². The SMILES string of the molecule is CCNc1ccnc(C(=O)NC(C)C2CCOCC2)c1. The molecule has 5 nitrogen and oxygen atoms in total. The molecule has 1 aliphatic heterocycles. The molecular formula is C15H23N3O2. The molecule has 1 fully saturated rings. The zero-order valence-corrected chi connectivity index (χ0v) is 12.2. The molecule has 5 heteroatoms. The van der Waals surface area contributed by atoms with Crippen molar-refractivity contribution in [3.63, 3.8) is 0 Å². The number of hydrogen-bond donors (Lipinski definition) is 2. The number of nitrogens with one attached hydrogen (secondary N) is 2. The Labute approximate surface area is 120 Å². The summed E-state index contributed by atoms with van der Waals surface area (Å²) in [6.07, 6.45) is 3.67.